The van der Waals surface area contributed by atoms with Gasteiger partial charge in [-0.3, -0.25) is 9.20 Å². The van der Waals surface area contributed by atoms with Gasteiger partial charge < -0.3 is 10.4 Å². The molecule has 0 spiro atoms. The molecule has 7 nitrogen and oxygen atoms in total. The van der Waals surface area contributed by atoms with E-state index < -0.39 is 11.5 Å². The highest BCUT2D eigenvalue weighted by Crippen LogP contribution is 2.28. The molecule has 0 radical (unpaired) electrons. The molecule has 0 aromatic carbocycles. The summed E-state index contributed by atoms with van der Waals surface area (Å²) in [6.07, 6.45) is 6.25. The maximum Gasteiger partial charge on any atom is 0.329 e. The number of nitrogens with zero attached hydrogens (tertiary/aromatic N) is 3. The van der Waals surface area contributed by atoms with Gasteiger partial charge in [0.1, 0.15) is 11.4 Å². The average Bonchev–Trinajstić information content (AvgIpc) is 2.75. The first-order valence-electron chi connectivity index (χ1n) is 7.89. The van der Waals surface area contributed by atoms with Gasteiger partial charge in [0.25, 0.3) is 5.91 Å². The number of nitrogens with one attached hydrogen (secondary N) is 1. The van der Waals surface area contributed by atoms with Gasteiger partial charge in [0.2, 0.25) is 0 Å². The van der Waals surface area contributed by atoms with E-state index in [0.29, 0.717) is 29.9 Å². The van der Waals surface area contributed by atoms with Crippen molar-refractivity contribution in [2.75, 3.05) is 0 Å². The van der Waals surface area contributed by atoms with E-state index >= 15 is 0 Å². The van der Waals surface area contributed by atoms with Crippen LogP contribution in [0, 0.1) is 6.92 Å². The highest BCUT2D eigenvalue weighted by molar-refractivity contribution is 5.97. The number of pyridine rings is 1. The molecule has 0 unspecified atom stereocenters. The Balaban J connectivity index is 1.88. The van der Waals surface area contributed by atoms with Gasteiger partial charge in [-0.25, -0.2) is 4.79 Å². The molecule has 122 valence electrons. The fourth-order valence-corrected chi connectivity index (χ4v) is 3.15. The van der Waals surface area contributed by atoms with Crippen LogP contribution in [0.1, 0.15) is 54.7 Å². The first-order valence-corrected chi connectivity index (χ1v) is 7.89. The Morgan fingerprint density at radius 2 is 1.87 bits per heavy atom. The van der Waals surface area contributed by atoms with Crippen LogP contribution in [0.15, 0.2) is 18.3 Å². The van der Waals surface area contributed by atoms with E-state index in [1.807, 2.05) is 0 Å². The van der Waals surface area contributed by atoms with E-state index in [2.05, 4.69) is 15.5 Å². The molecular formula is C16H20N4O3. The number of hydrogen-bond donors (Lipinski definition) is 2. The number of aryl methyl sites for hydroxylation is 1. The molecule has 1 amide bonds. The maximum atomic E-state index is 12.6. The van der Waals surface area contributed by atoms with E-state index in [9.17, 15) is 14.7 Å². The molecule has 0 bridgehead atoms. The molecule has 7 heteroatoms. The van der Waals surface area contributed by atoms with Crippen LogP contribution in [-0.2, 0) is 4.79 Å². The fraction of sp³-hybridized carbons (Fsp3) is 0.500. The normalized spacial score (nSPS) is 17.6. The maximum absolute atomic E-state index is 12.6. The second-order valence-corrected chi connectivity index (χ2v) is 6.15. The predicted octanol–water partition coefficient (Wildman–Crippen LogP) is 1.95. The molecule has 2 heterocycles. The second-order valence-electron chi connectivity index (χ2n) is 6.15. The summed E-state index contributed by atoms with van der Waals surface area (Å²) in [6.45, 7) is 1.80. The van der Waals surface area contributed by atoms with Gasteiger partial charge in [-0.1, -0.05) is 25.7 Å². The number of carboxylic acids is 1. The highest BCUT2D eigenvalue weighted by Gasteiger charge is 2.40. The minimum atomic E-state index is -1.16. The van der Waals surface area contributed by atoms with Crippen LogP contribution < -0.4 is 5.32 Å². The number of carboxylic acid groups (broad SMARTS) is 1. The number of aliphatic carboxylic acids is 1. The quantitative estimate of drug-likeness (QED) is 0.844. The molecule has 0 aliphatic heterocycles. The van der Waals surface area contributed by atoms with Crippen molar-refractivity contribution >= 4 is 17.5 Å². The molecule has 2 aromatic rings. The van der Waals surface area contributed by atoms with E-state index in [1.165, 1.54) is 0 Å². The standard InChI is InChI=1S/C16H20N4O3/c1-11-18-19-13-7-6-12(10-20(11)13)14(21)17-16(15(22)23)8-4-2-3-5-9-16/h6-7,10H,2-5,8-9H2,1H3,(H,17,21)(H,22,23). The van der Waals surface area contributed by atoms with Crippen molar-refractivity contribution in [1.29, 1.82) is 0 Å². The third kappa shape index (κ3) is 2.91. The van der Waals surface area contributed by atoms with Crippen LogP contribution in [0.2, 0.25) is 0 Å². The molecule has 1 saturated carbocycles. The van der Waals surface area contributed by atoms with Crippen LogP contribution in [0.4, 0.5) is 0 Å². The number of amides is 1. The Morgan fingerprint density at radius 1 is 1.17 bits per heavy atom. The summed E-state index contributed by atoms with van der Waals surface area (Å²) in [5.74, 6) is -0.643. The molecule has 1 aliphatic rings. The zero-order valence-electron chi connectivity index (χ0n) is 13.1. The number of carbonyl (C=O) groups excluding carboxylic acids is 1. The summed E-state index contributed by atoms with van der Waals surface area (Å²) in [5.41, 5.74) is -0.100. The zero-order chi connectivity index (χ0) is 16.4. The van der Waals surface area contributed by atoms with Crippen molar-refractivity contribution < 1.29 is 14.7 Å². The minimum Gasteiger partial charge on any atom is -0.480 e. The van der Waals surface area contributed by atoms with Crippen LogP contribution in [-0.4, -0.2) is 37.1 Å². The van der Waals surface area contributed by atoms with Gasteiger partial charge >= 0.3 is 5.97 Å². The highest BCUT2D eigenvalue weighted by atomic mass is 16.4. The van der Waals surface area contributed by atoms with Gasteiger partial charge in [0.05, 0.1) is 5.56 Å². The van der Waals surface area contributed by atoms with E-state index in [0.717, 1.165) is 25.7 Å². The molecule has 0 saturated heterocycles. The first-order chi connectivity index (χ1) is 11.0. The largest absolute Gasteiger partial charge is 0.480 e. The van der Waals surface area contributed by atoms with Crippen LogP contribution in [0.25, 0.3) is 5.65 Å². The van der Waals surface area contributed by atoms with E-state index in [4.69, 9.17) is 0 Å². The summed E-state index contributed by atoms with van der Waals surface area (Å²) in [5, 5.41) is 20.4. The lowest BCUT2D eigenvalue weighted by molar-refractivity contribution is -0.145. The molecule has 2 aromatic heterocycles. The van der Waals surface area contributed by atoms with Crippen molar-refractivity contribution in [3.8, 4) is 0 Å². The summed E-state index contributed by atoms with van der Waals surface area (Å²) >= 11 is 0. The number of rotatable bonds is 3. The summed E-state index contributed by atoms with van der Waals surface area (Å²) < 4.78 is 1.72. The SMILES string of the molecule is Cc1nnc2ccc(C(=O)NC3(C(=O)O)CCCCCC3)cn12. The summed E-state index contributed by atoms with van der Waals surface area (Å²) in [6, 6.07) is 3.35. The monoisotopic (exact) mass is 316 g/mol. The van der Waals surface area contributed by atoms with E-state index in [-0.39, 0.29) is 5.91 Å². The summed E-state index contributed by atoms with van der Waals surface area (Å²) in [4.78, 5) is 24.4. The first kappa shape index (κ1) is 15.5. The van der Waals surface area contributed by atoms with Gasteiger partial charge in [-0.05, 0) is 31.9 Å². The van der Waals surface area contributed by atoms with Gasteiger partial charge in [-0.15, -0.1) is 10.2 Å². The van der Waals surface area contributed by atoms with Crippen LogP contribution in [0.5, 0.6) is 0 Å². The topological polar surface area (TPSA) is 96.6 Å². The van der Waals surface area contributed by atoms with Gasteiger partial charge in [-0.2, -0.15) is 0 Å². The lowest BCUT2D eigenvalue weighted by Crippen LogP contribution is -2.54. The Morgan fingerprint density at radius 3 is 2.52 bits per heavy atom. The molecule has 1 aliphatic carbocycles. The smallest absolute Gasteiger partial charge is 0.329 e. The average molecular weight is 316 g/mol. The number of aromatic nitrogens is 3. The Hall–Kier alpha value is -2.44. The van der Waals surface area contributed by atoms with Crippen molar-refractivity contribution in [3.05, 3.63) is 29.7 Å². The third-order valence-corrected chi connectivity index (χ3v) is 4.55. The lowest BCUT2D eigenvalue weighted by Gasteiger charge is -2.29. The Bertz CT molecular complexity index is 745. The van der Waals surface area contributed by atoms with Crippen molar-refractivity contribution in [2.24, 2.45) is 0 Å². The molecule has 2 N–H and O–H groups in total. The third-order valence-electron chi connectivity index (χ3n) is 4.55. The van der Waals surface area contributed by atoms with Crippen LogP contribution in [0.3, 0.4) is 0 Å². The fourth-order valence-electron chi connectivity index (χ4n) is 3.15. The van der Waals surface area contributed by atoms with Crippen LogP contribution >= 0.6 is 0 Å². The molecular weight excluding hydrogens is 296 g/mol. The number of hydrogen-bond acceptors (Lipinski definition) is 4. The van der Waals surface area contributed by atoms with Gasteiger partial charge in [0, 0.05) is 6.20 Å². The summed E-state index contributed by atoms with van der Waals surface area (Å²) in [7, 11) is 0. The predicted molar refractivity (Wildman–Crippen MR) is 83.3 cm³/mol. The zero-order valence-corrected chi connectivity index (χ0v) is 13.1. The van der Waals surface area contributed by atoms with E-state index in [1.54, 1.807) is 29.7 Å². The second kappa shape index (κ2) is 5.98. The van der Waals surface area contributed by atoms with Gasteiger partial charge in [0.15, 0.2) is 5.65 Å². The molecule has 0 atom stereocenters. The van der Waals surface area contributed by atoms with Crippen molar-refractivity contribution in [2.45, 2.75) is 51.0 Å². The lowest BCUT2D eigenvalue weighted by atomic mass is 9.90. The molecule has 1 fully saturated rings. The molecule has 23 heavy (non-hydrogen) atoms. The van der Waals surface area contributed by atoms with Crippen molar-refractivity contribution in [3.63, 3.8) is 0 Å². The molecule has 3 rings (SSSR count). The number of fused-ring (bicyclic) bond motifs is 1. The van der Waals surface area contributed by atoms with Crippen molar-refractivity contribution in [1.82, 2.24) is 19.9 Å². The minimum absolute atomic E-state index is 0.371. The Labute approximate surface area is 133 Å². The Kier molecular flexibility index (Phi) is 4.02. The number of carbonyl (C=O) groups is 2.